The van der Waals surface area contributed by atoms with Crippen molar-refractivity contribution in [3.63, 3.8) is 0 Å². The Labute approximate surface area is 157 Å². The third-order valence-electron chi connectivity index (χ3n) is 3.50. The average molecular weight is 400 g/mol. The lowest BCUT2D eigenvalue weighted by atomic mass is 10.2. The van der Waals surface area contributed by atoms with Gasteiger partial charge < -0.3 is 19.5 Å². The van der Waals surface area contributed by atoms with Crippen LogP contribution >= 0.6 is 23.2 Å². The molecule has 0 saturated heterocycles. The monoisotopic (exact) mass is 399 g/mol. The van der Waals surface area contributed by atoms with Crippen molar-refractivity contribution < 1.29 is 28.2 Å². The van der Waals surface area contributed by atoms with Crippen LogP contribution in [0.25, 0.3) is 0 Å². The average Bonchev–Trinajstić information content (AvgIpc) is 3.07. The van der Waals surface area contributed by atoms with E-state index < -0.39 is 23.8 Å². The van der Waals surface area contributed by atoms with Crippen LogP contribution in [-0.2, 0) is 9.53 Å². The Kier molecular flexibility index (Phi) is 5.20. The highest BCUT2D eigenvalue weighted by Crippen LogP contribution is 2.40. The number of ether oxygens (including phenoxy) is 3. The summed E-state index contributed by atoms with van der Waals surface area (Å²) in [5.74, 6) is -1.30. The van der Waals surface area contributed by atoms with E-state index in [0.29, 0.717) is 11.5 Å². The van der Waals surface area contributed by atoms with E-state index in [1.807, 2.05) is 0 Å². The molecule has 2 aromatic rings. The van der Waals surface area contributed by atoms with Gasteiger partial charge in [0.2, 0.25) is 6.79 Å². The third-order valence-corrected chi connectivity index (χ3v) is 4.07. The number of rotatable bonds is 4. The second-order valence-corrected chi connectivity index (χ2v) is 6.17. The number of nitrogens with one attached hydrogen (secondary N) is 1. The molecule has 6 nitrogen and oxygen atoms in total. The van der Waals surface area contributed by atoms with Crippen LogP contribution in [-0.4, -0.2) is 24.8 Å². The van der Waals surface area contributed by atoms with E-state index >= 15 is 0 Å². The minimum absolute atomic E-state index is 0.00654. The first-order valence-corrected chi connectivity index (χ1v) is 8.17. The zero-order chi connectivity index (χ0) is 18.8. The molecule has 3 rings (SSSR count). The van der Waals surface area contributed by atoms with Crippen molar-refractivity contribution in [1.29, 1.82) is 0 Å². The van der Waals surface area contributed by atoms with Crippen LogP contribution in [0.5, 0.6) is 11.5 Å². The Morgan fingerprint density at radius 2 is 1.96 bits per heavy atom. The molecule has 1 aliphatic heterocycles. The van der Waals surface area contributed by atoms with Gasteiger partial charge in [0, 0.05) is 5.69 Å². The minimum atomic E-state index is -1.12. The second kappa shape index (κ2) is 7.39. The molecule has 9 heteroatoms. The van der Waals surface area contributed by atoms with Crippen molar-refractivity contribution in [1.82, 2.24) is 0 Å². The van der Waals surface area contributed by atoms with E-state index in [1.165, 1.54) is 31.2 Å². The summed E-state index contributed by atoms with van der Waals surface area (Å²) in [4.78, 5) is 24.4. The van der Waals surface area contributed by atoms with Gasteiger partial charge in [-0.25, -0.2) is 9.18 Å². The van der Waals surface area contributed by atoms with E-state index in [1.54, 1.807) is 0 Å². The van der Waals surface area contributed by atoms with Crippen molar-refractivity contribution in [3.8, 4) is 11.5 Å². The Balaban J connectivity index is 1.66. The summed E-state index contributed by atoms with van der Waals surface area (Å²) in [6, 6.07) is 6.48. The molecule has 136 valence electrons. The molecule has 26 heavy (non-hydrogen) atoms. The zero-order valence-corrected chi connectivity index (χ0v) is 14.9. The van der Waals surface area contributed by atoms with Crippen molar-refractivity contribution in [2.24, 2.45) is 0 Å². The molecular weight excluding hydrogens is 388 g/mol. The van der Waals surface area contributed by atoms with Crippen LogP contribution in [0, 0.1) is 5.82 Å². The number of esters is 1. The van der Waals surface area contributed by atoms with Crippen molar-refractivity contribution >= 4 is 40.8 Å². The van der Waals surface area contributed by atoms with E-state index in [0.717, 1.165) is 6.07 Å². The highest BCUT2D eigenvalue weighted by molar-refractivity contribution is 6.32. The fourth-order valence-corrected chi connectivity index (χ4v) is 2.63. The molecule has 0 radical (unpaired) electrons. The van der Waals surface area contributed by atoms with E-state index in [-0.39, 0.29) is 28.1 Å². The van der Waals surface area contributed by atoms with Gasteiger partial charge in [0.1, 0.15) is 5.82 Å². The molecule has 1 amide bonds. The van der Waals surface area contributed by atoms with Crippen molar-refractivity contribution in [2.45, 2.75) is 13.0 Å². The fourth-order valence-electron chi connectivity index (χ4n) is 2.19. The van der Waals surface area contributed by atoms with Gasteiger partial charge in [0.25, 0.3) is 5.91 Å². The predicted molar refractivity (Wildman–Crippen MR) is 92.5 cm³/mol. The number of hydrogen-bond donors (Lipinski definition) is 1. The van der Waals surface area contributed by atoms with Gasteiger partial charge in [-0.1, -0.05) is 23.2 Å². The number of benzene rings is 2. The maximum Gasteiger partial charge on any atom is 0.339 e. The quantitative estimate of drug-likeness (QED) is 0.785. The Hall–Kier alpha value is -2.51. The third kappa shape index (κ3) is 3.84. The normalized spacial score (nSPS) is 13.2. The number of anilines is 1. The van der Waals surface area contributed by atoms with Crippen molar-refractivity contribution in [3.05, 3.63) is 51.8 Å². The topological polar surface area (TPSA) is 73.9 Å². The van der Waals surface area contributed by atoms with Gasteiger partial charge in [-0.2, -0.15) is 0 Å². The lowest BCUT2D eigenvalue weighted by Crippen LogP contribution is -2.30. The number of hydrogen-bond acceptors (Lipinski definition) is 5. The van der Waals surface area contributed by atoms with Gasteiger partial charge in [-0.3, -0.25) is 4.79 Å². The van der Waals surface area contributed by atoms with Crippen LogP contribution in [0.4, 0.5) is 10.1 Å². The highest BCUT2D eigenvalue weighted by Gasteiger charge is 2.24. The van der Waals surface area contributed by atoms with Crippen molar-refractivity contribution in [2.75, 3.05) is 12.1 Å². The first-order chi connectivity index (χ1) is 12.3. The van der Waals surface area contributed by atoms with Gasteiger partial charge in [-0.15, -0.1) is 0 Å². The standard InChI is InChI=1S/C17H12Cl2FNO5/c1-8(16(22)21-10-2-3-13(20)11(18)6-10)26-17(23)9-4-12(19)15-14(5-9)24-7-25-15/h2-6,8H,7H2,1H3,(H,21,22)/t8-/m1/s1. The molecule has 1 N–H and O–H groups in total. The zero-order valence-electron chi connectivity index (χ0n) is 13.3. The smallest absolute Gasteiger partial charge is 0.339 e. The van der Waals surface area contributed by atoms with Crippen LogP contribution in [0.15, 0.2) is 30.3 Å². The first kappa shape index (κ1) is 18.3. The molecule has 0 saturated carbocycles. The summed E-state index contributed by atoms with van der Waals surface area (Å²) in [6.45, 7) is 1.40. The van der Waals surface area contributed by atoms with Crippen LogP contribution in [0.2, 0.25) is 10.0 Å². The summed E-state index contributed by atoms with van der Waals surface area (Å²) >= 11 is 11.7. The van der Waals surface area contributed by atoms with Gasteiger partial charge in [-0.05, 0) is 37.3 Å². The molecule has 0 spiro atoms. The van der Waals surface area contributed by atoms with E-state index in [2.05, 4.69) is 5.32 Å². The molecule has 0 bridgehead atoms. The molecule has 1 aliphatic rings. The molecule has 1 atom stereocenters. The number of amides is 1. The molecule has 2 aromatic carbocycles. The summed E-state index contributed by atoms with van der Waals surface area (Å²) in [5, 5.41) is 2.54. The van der Waals surface area contributed by atoms with Gasteiger partial charge in [0.15, 0.2) is 17.6 Å². The number of carbonyl (C=O) groups excluding carboxylic acids is 2. The first-order valence-electron chi connectivity index (χ1n) is 7.41. The second-order valence-electron chi connectivity index (χ2n) is 5.36. The summed E-state index contributed by atoms with van der Waals surface area (Å²) in [5.41, 5.74) is 0.388. The SMILES string of the molecule is C[C@@H](OC(=O)c1cc(Cl)c2c(c1)OCO2)C(=O)Nc1ccc(F)c(Cl)c1. The number of carbonyl (C=O) groups is 2. The Morgan fingerprint density at radius 3 is 2.69 bits per heavy atom. The maximum atomic E-state index is 13.1. The largest absolute Gasteiger partial charge is 0.454 e. The Bertz CT molecular complexity index is 890. The summed E-state index contributed by atoms with van der Waals surface area (Å²) in [7, 11) is 0. The lowest BCUT2D eigenvalue weighted by molar-refractivity contribution is -0.123. The van der Waals surface area contributed by atoms with Gasteiger partial charge in [0.05, 0.1) is 15.6 Å². The van der Waals surface area contributed by atoms with Crippen LogP contribution < -0.4 is 14.8 Å². The molecule has 0 fully saturated rings. The van der Waals surface area contributed by atoms with E-state index in [9.17, 15) is 14.0 Å². The highest BCUT2D eigenvalue weighted by atomic mass is 35.5. The summed E-state index contributed by atoms with van der Waals surface area (Å²) in [6.07, 6.45) is -1.12. The molecule has 0 aromatic heterocycles. The van der Waals surface area contributed by atoms with Crippen LogP contribution in [0.1, 0.15) is 17.3 Å². The Morgan fingerprint density at radius 1 is 1.19 bits per heavy atom. The summed E-state index contributed by atoms with van der Waals surface area (Å²) < 4.78 is 28.6. The lowest BCUT2D eigenvalue weighted by Gasteiger charge is -2.14. The fraction of sp³-hybridized carbons (Fsp3) is 0.176. The minimum Gasteiger partial charge on any atom is -0.454 e. The maximum absolute atomic E-state index is 13.1. The predicted octanol–water partition coefficient (Wildman–Crippen LogP) is 4.05. The van der Waals surface area contributed by atoms with Gasteiger partial charge >= 0.3 is 5.97 Å². The van der Waals surface area contributed by atoms with E-state index in [4.69, 9.17) is 37.4 Å². The number of fused-ring (bicyclic) bond motifs is 1. The molecule has 0 aliphatic carbocycles. The molecular formula is C17H12Cl2FNO5. The number of halogens is 3. The molecule has 1 heterocycles. The van der Waals surface area contributed by atoms with Crippen LogP contribution in [0.3, 0.4) is 0 Å². The molecule has 0 unspecified atom stereocenters.